The number of anilines is 1. The van der Waals surface area contributed by atoms with E-state index in [1.54, 1.807) is 6.07 Å². The SMILES string of the molecule is CCC1(C(=O)O)CCCN(c2cc(C)ccc2C(N)=O)C1. The maximum absolute atomic E-state index is 11.7. The number of rotatable bonds is 4. The second-order valence-corrected chi connectivity index (χ2v) is 5.85. The summed E-state index contributed by atoms with van der Waals surface area (Å²) in [5.41, 5.74) is 6.94. The van der Waals surface area contributed by atoms with Crippen LogP contribution in [0, 0.1) is 12.3 Å². The summed E-state index contributed by atoms with van der Waals surface area (Å²) in [6.07, 6.45) is 2.05. The van der Waals surface area contributed by atoms with E-state index < -0.39 is 17.3 Å². The van der Waals surface area contributed by atoms with Crippen molar-refractivity contribution < 1.29 is 14.7 Å². The number of carbonyl (C=O) groups is 2. The molecule has 0 spiro atoms. The van der Waals surface area contributed by atoms with Crippen molar-refractivity contribution in [1.82, 2.24) is 0 Å². The third-order valence-electron chi connectivity index (χ3n) is 4.47. The molecule has 0 radical (unpaired) electrons. The smallest absolute Gasteiger partial charge is 0.311 e. The maximum atomic E-state index is 11.7. The molecule has 1 atom stereocenters. The van der Waals surface area contributed by atoms with E-state index in [0.29, 0.717) is 24.9 Å². The molecule has 5 heteroatoms. The highest BCUT2D eigenvalue weighted by Crippen LogP contribution is 2.37. The molecular formula is C16H22N2O3. The van der Waals surface area contributed by atoms with Gasteiger partial charge in [0.15, 0.2) is 0 Å². The topological polar surface area (TPSA) is 83.6 Å². The predicted molar refractivity (Wildman–Crippen MR) is 81.5 cm³/mol. The van der Waals surface area contributed by atoms with E-state index in [1.807, 2.05) is 30.9 Å². The van der Waals surface area contributed by atoms with Crippen molar-refractivity contribution in [2.24, 2.45) is 11.1 Å². The number of piperidine rings is 1. The Morgan fingerprint density at radius 1 is 1.43 bits per heavy atom. The van der Waals surface area contributed by atoms with Gasteiger partial charge < -0.3 is 15.7 Å². The number of aryl methyl sites for hydroxylation is 1. The highest BCUT2D eigenvalue weighted by atomic mass is 16.4. The number of aliphatic carboxylic acids is 1. The standard InChI is InChI=1S/C16H22N2O3/c1-3-16(15(20)21)7-4-8-18(10-16)13-9-11(2)5-6-12(13)14(17)19/h5-6,9H,3-4,7-8,10H2,1-2H3,(H2,17,19)(H,20,21). The summed E-state index contributed by atoms with van der Waals surface area (Å²) in [7, 11) is 0. The maximum Gasteiger partial charge on any atom is 0.311 e. The number of carboxylic acids is 1. The van der Waals surface area contributed by atoms with Crippen LogP contribution in [0.15, 0.2) is 18.2 Å². The number of hydrogen-bond donors (Lipinski definition) is 2. The van der Waals surface area contributed by atoms with Gasteiger partial charge in [-0.1, -0.05) is 13.0 Å². The molecule has 3 N–H and O–H groups in total. The number of carboxylic acid groups (broad SMARTS) is 1. The van der Waals surface area contributed by atoms with Gasteiger partial charge in [-0.2, -0.15) is 0 Å². The zero-order chi connectivity index (χ0) is 15.6. The van der Waals surface area contributed by atoms with Crippen molar-refractivity contribution in [2.45, 2.75) is 33.1 Å². The van der Waals surface area contributed by atoms with E-state index in [4.69, 9.17) is 5.73 Å². The lowest BCUT2D eigenvalue weighted by Gasteiger charge is -2.41. The minimum Gasteiger partial charge on any atom is -0.481 e. The highest BCUT2D eigenvalue weighted by Gasteiger charge is 2.41. The molecule has 0 bridgehead atoms. The number of primary amides is 1. The molecule has 1 aromatic carbocycles. The Labute approximate surface area is 124 Å². The number of carbonyl (C=O) groups excluding carboxylic acids is 1. The van der Waals surface area contributed by atoms with Gasteiger partial charge in [-0.15, -0.1) is 0 Å². The second-order valence-electron chi connectivity index (χ2n) is 5.85. The largest absolute Gasteiger partial charge is 0.481 e. The minimum atomic E-state index is -0.761. The van der Waals surface area contributed by atoms with E-state index in [2.05, 4.69) is 0 Å². The first-order chi connectivity index (χ1) is 9.89. The van der Waals surface area contributed by atoms with Crippen molar-refractivity contribution in [1.29, 1.82) is 0 Å². The molecular weight excluding hydrogens is 268 g/mol. The third kappa shape index (κ3) is 2.86. The van der Waals surface area contributed by atoms with Crippen LogP contribution in [0.2, 0.25) is 0 Å². The van der Waals surface area contributed by atoms with Gasteiger partial charge in [0.05, 0.1) is 11.0 Å². The van der Waals surface area contributed by atoms with Crippen LogP contribution >= 0.6 is 0 Å². The number of benzene rings is 1. The van der Waals surface area contributed by atoms with Gasteiger partial charge in [-0.05, 0) is 43.9 Å². The van der Waals surface area contributed by atoms with Gasteiger partial charge in [0.25, 0.3) is 5.91 Å². The van der Waals surface area contributed by atoms with Crippen molar-refractivity contribution in [3.05, 3.63) is 29.3 Å². The zero-order valence-electron chi connectivity index (χ0n) is 12.6. The van der Waals surface area contributed by atoms with Crippen LogP contribution in [0.3, 0.4) is 0 Å². The van der Waals surface area contributed by atoms with Gasteiger partial charge in [-0.3, -0.25) is 9.59 Å². The Balaban J connectivity index is 2.40. The van der Waals surface area contributed by atoms with Crippen LogP contribution in [0.1, 0.15) is 42.1 Å². The third-order valence-corrected chi connectivity index (χ3v) is 4.47. The van der Waals surface area contributed by atoms with Gasteiger partial charge in [-0.25, -0.2) is 0 Å². The van der Waals surface area contributed by atoms with Gasteiger partial charge in [0.2, 0.25) is 0 Å². The monoisotopic (exact) mass is 290 g/mol. The minimum absolute atomic E-state index is 0.419. The van der Waals surface area contributed by atoms with Gasteiger partial charge in [0.1, 0.15) is 0 Å². The fourth-order valence-electron chi connectivity index (χ4n) is 3.06. The number of nitrogens with two attached hydrogens (primary N) is 1. The van der Waals surface area contributed by atoms with Gasteiger partial charge in [0, 0.05) is 18.8 Å². The van der Waals surface area contributed by atoms with Crippen molar-refractivity contribution in [3.8, 4) is 0 Å². The fraction of sp³-hybridized carbons (Fsp3) is 0.500. The first-order valence-corrected chi connectivity index (χ1v) is 7.28. The molecule has 1 unspecified atom stereocenters. The molecule has 1 heterocycles. The summed E-state index contributed by atoms with van der Waals surface area (Å²) >= 11 is 0. The van der Waals surface area contributed by atoms with Crippen LogP contribution in [-0.4, -0.2) is 30.1 Å². The lowest BCUT2D eigenvalue weighted by Crippen LogP contribution is -2.48. The number of hydrogen-bond acceptors (Lipinski definition) is 3. The summed E-state index contributed by atoms with van der Waals surface area (Å²) in [5.74, 6) is -1.24. The highest BCUT2D eigenvalue weighted by molar-refractivity contribution is 5.99. The molecule has 0 saturated carbocycles. The summed E-state index contributed by atoms with van der Waals surface area (Å²) in [6, 6.07) is 5.47. The van der Waals surface area contributed by atoms with Gasteiger partial charge >= 0.3 is 5.97 Å². The predicted octanol–water partition coefficient (Wildman–Crippen LogP) is 2.18. The normalized spacial score (nSPS) is 22.1. The lowest BCUT2D eigenvalue weighted by molar-refractivity contribution is -0.149. The van der Waals surface area contributed by atoms with Crippen LogP contribution in [0.25, 0.3) is 0 Å². The Morgan fingerprint density at radius 2 is 2.14 bits per heavy atom. The average molecular weight is 290 g/mol. The van der Waals surface area contributed by atoms with E-state index in [9.17, 15) is 14.7 Å². The van der Waals surface area contributed by atoms with Crippen LogP contribution in [0.5, 0.6) is 0 Å². The molecule has 1 amide bonds. The Morgan fingerprint density at radius 3 is 2.71 bits per heavy atom. The Kier molecular flexibility index (Phi) is 4.21. The Bertz CT molecular complexity index is 571. The Hall–Kier alpha value is -2.04. The summed E-state index contributed by atoms with van der Waals surface area (Å²) in [5, 5.41) is 9.57. The molecule has 5 nitrogen and oxygen atoms in total. The molecule has 0 aliphatic carbocycles. The number of nitrogens with zero attached hydrogens (tertiary/aromatic N) is 1. The van der Waals surface area contributed by atoms with E-state index in [-0.39, 0.29) is 0 Å². The molecule has 0 aromatic heterocycles. The van der Waals surface area contributed by atoms with Crippen molar-refractivity contribution in [2.75, 3.05) is 18.0 Å². The number of amides is 1. The molecule has 1 fully saturated rings. The molecule has 1 saturated heterocycles. The van der Waals surface area contributed by atoms with E-state index >= 15 is 0 Å². The average Bonchev–Trinajstić information content (AvgIpc) is 2.46. The molecule has 114 valence electrons. The first-order valence-electron chi connectivity index (χ1n) is 7.28. The van der Waals surface area contributed by atoms with Crippen molar-refractivity contribution >= 4 is 17.6 Å². The van der Waals surface area contributed by atoms with E-state index in [0.717, 1.165) is 24.2 Å². The van der Waals surface area contributed by atoms with Crippen molar-refractivity contribution in [3.63, 3.8) is 0 Å². The van der Waals surface area contributed by atoms with Crippen LogP contribution in [0.4, 0.5) is 5.69 Å². The molecule has 1 aromatic rings. The second kappa shape index (κ2) is 5.76. The molecule has 1 aliphatic rings. The van der Waals surface area contributed by atoms with E-state index in [1.165, 1.54) is 0 Å². The molecule has 2 rings (SSSR count). The summed E-state index contributed by atoms with van der Waals surface area (Å²) in [4.78, 5) is 25.3. The molecule has 21 heavy (non-hydrogen) atoms. The fourth-order valence-corrected chi connectivity index (χ4v) is 3.06. The lowest BCUT2D eigenvalue weighted by atomic mass is 9.77. The molecule has 1 aliphatic heterocycles. The van der Waals surface area contributed by atoms with Crippen LogP contribution < -0.4 is 10.6 Å². The first kappa shape index (κ1) is 15.4. The quantitative estimate of drug-likeness (QED) is 0.890. The zero-order valence-corrected chi connectivity index (χ0v) is 12.6. The summed E-state index contributed by atoms with van der Waals surface area (Å²) < 4.78 is 0. The van der Waals surface area contributed by atoms with Crippen LogP contribution in [-0.2, 0) is 4.79 Å². The summed E-state index contributed by atoms with van der Waals surface area (Å²) in [6.45, 7) is 5.02.